The van der Waals surface area contributed by atoms with Gasteiger partial charge in [0.15, 0.2) is 0 Å². The average Bonchev–Trinajstić information content (AvgIpc) is 2.54. The third-order valence-electron chi connectivity index (χ3n) is 5.18. The van der Waals surface area contributed by atoms with Crippen molar-refractivity contribution in [3.05, 3.63) is 35.4 Å². The van der Waals surface area contributed by atoms with E-state index in [1.807, 2.05) is 0 Å². The molecule has 2 fully saturated rings. The van der Waals surface area contributed by atoms with Gasteiger partial charge in [-0.2, -0.15) is 0 Å². The van der Waals surface area contributed by atoms with Crippen molar-refractivity contribution in [3.8, 4) is 0 Å². The van der Waals surface area contributed by atoms with Crippen molar-refractivity contribution < 1.29 is 13.5 Å². The van der Waals surface area contributed by atoms with Gasteiger partial charge in [-0.3, -0.25) is 0 Å². The molecule has 128 valence electrons. The van der Waals surface area contributed by atoms with E-state index in [0.717, 1.165) is 56.7 Å². The SMILES string of the molecule is NC1CCCNC1COC1CCC(c2cc(F)cc(F)c2)CC1. The fourth-order valence-corrected chi connectivity index (χ4v) is 3.77. The lowest BCUT2D eigenvalue weighted by molar-refractivity contribution is 0.00617. The van der Waals surface area contributed by atoms with Crippen LogP contribution in [0.1, 0.15) is 50.0 Å². The van der Waals surface area contributed by atoms with Gasteiger partial charge in [0, 0.05) is 18.2 Å². The molecule has 1 saturated heterocycles. The van der Waals surface area contributed by atoms with Gasteiger partial charge < -0.3 is 15.8 Å². The van der Waals surface area contributed by atoms with Gasteiger partial charge in [0.25, 0.3) is 0 Å². The molecule has 23 heavy (non-hydrogen) atoms. The molecule has 3 N–H and O–H groups in total. The molecular weight excluding hydrogens is 298 g/mol. The molecule has 3 rings (SSSR count). The van der Waals surface area contributed by atoms with Crippen molar-refractivity contribution in [2.24, 2.45) is 5.73 Å². The Morgan fingerprint density at radius 1 is 1.04 bits per heavy atom. The third kappa shape index (κ3) is 4.49. The minimum atomic E-state index is -0.490. The molecule has 0 aromatic heterocycles. The maximum absolute atomic E-state index is 13.3. The number of nitrogens with two attached hydrogens (primary N) is 1. The standard InChI is InChI=1S/C18H26F2N2O/c19-14-8-13(9-15(20)10-14)12-3-5-16(6-4-12)23-11-18-17(21)2-1-7-22-18/h8-10,12,16-18,22H,1-7,11,21H2. The van der Waals surface area contributed by atoms with E-state index in [-0.39, 0.29) is 24.1 Å². The van der Waals surface area contributed by atoms with Gasteiger partial charge in [-0.05, 0) is 68.7 Å². The summed E-state index contributed by atoms with van der Waals surface area (Å²) in [5.74, 6) is -0.749. The molecule has 0 amide bonds. The summed E-state index contributed by atoms with van der Waals surface area (Å²) in [4.78, 5) is 0. The first-order valence-corrected chi connectivity index (χ1v) is 8.68. The summed E-state index contributed by atoms with van der Waals surface area (Å²) in [5.41, 5.74) is 6.88. The fourth-order valence-electron chi connectivity index (χ4n) is 3.77. The van der Waals surface area contributed by atoms with Crippen molar-refractivity contribution >= 4 is 0 Å². The highest BCUT2D eigenvalue weighted by molar-refractivity contribution is 5.22. The number of rotatable bonds is 4. The first kappa shape index (κ1) is 16.8. The Labute approximate surface area is 136 Å². The predicted molar refractivity (Wildman–Crippen MR) is 86.3 cm³/mol. The van der Waals surface area contributed by atoms with E-state index in [2.05, 4.69) is 5.32 Å². The van der Waals surface area contributed by atoms with E-state index in [1.54, 1.807) is 0 Å². The van der Waals surface area contributed by atoms with Gasteiger partial charge in [-0.1, -0.05) is 0 Å². The summed E-state index contributed by atoms with van der Waals surface area (Å²) in [6.45, 7) is 1.67. The minimum absolute atomic E-state index is 0.176. The molecule has 2 unspecified atom stereocenters. The van der Waals surface area contributed by atoms with Crippen LogP contribution in [0.4, 0.5) is 8.78 Å². The molecule has 3 nitrogen and oxygen atoms in total. The Morgan fingerprint density at radius 3 is 2.39 bits per heavy atom. The van der Waals surface area contributed by atoms with E-state index in [9.17, 15) is 8.78 Å². The Kier molecular flexibility index (Phi) is 5.62. The zero-order valence-electron chi connectivity index (χ0n) is 13.4. The summed E-state index contributed by atoms with van der Waals surface area (Å²) in [5, 5.41) is 3.42. The van der Waals surface area contributed by atoms with Crippen LogP contribution in [0, 0.1) is 11.6 Å². The number of piperidine rings is 1. The Hall–Kier alpha value is -1.04. The van der Waals surface area contributed by atoms with Crippen LogP contribution in [-0.2, 0) is 4.74 Å². The highest BCUT2D eigenvalue weighted by Gasteiger charge is 2.26. The Morgan fingerprint density at radius 2 is 1.74 bits per heavy atom. The second-order valence-corrected chi connectivity index (χ2v) is 6.88. The summed E-state index contributed by atoms with van der Waals surface area (Å²) in [6.07, 6.45) is 6.12. The summed E-state index contributed by atoms with van der Waals surface area (Å²) in [6, 6.07) is 4.27. The zero-order valence-corrected chi connectivity index (χ0v) is 13.4. The van der Waals surface area contributed by atoms with Crippen LogP contribution in [0.3, 0.4) is 0 Å². The lowest BCUT2D eigenvalue weighted by atomic mass is 9.82. The number of hydrogen-bond donors (Lipinski definition) is 2. The first-order valence-electron chi connectivity index (χ1n) is 8.68. The van der Waals surface area contributed by atoms with Crippen LogP contribution in [0.15, 0.2) is 18.2 Å². The van der Waals surface area contributed by atoms with Gasteiger partial charge in [0.1, 0.15) is 11.6 Å². The fraction of sp³-hybridized carbons (Fsp3) is 0.667. The smallest absolute Gasteiger partial charge is 0.126 e. The van der Waals surface area contributed by atoms with Crippen LogP contribution < -0.4 is 11.1 Å². The second-order valence-electron chi connectivity index (χ2n) is 6.88. The molecule has 1 aliphatic carbocycles. The Bertz CT molecular complexity index is 497. The van der Waals surface area contributed by atoms with Crippen LogP contribution in [0.5, 0.6) is 0 Å². The highest BCUT2D eigenvalue weighted by atomic mass is 19.1. The van der Waals surface area contributed by atoms with Crippen molar-refractivity contribution in [1.82, 2.24) is 5.32 Å². The maximum Gasteiger partial charge on any atom is 0.126 e. The molecule has 1 aliphatic heterocycles. The predicted octanol–water partition coefficient (Wildman–Crippen LogP) is 3.09. The summed E-state index contributed by atoms with van der Waals surface area (Å²) in [7, 11) is 0. The van der Waals surface area contributed by atoms with Gasteiger partial charge >= 0.3 is 0 Å². The molecule has 1 heterocycles. The van der Waals surface area contributed by atoms with E-state index >= 15 is 0 Å². The number of hydrogen-bond acceptors (Lipinski definition) is 3. The van der Waals surface area contributed by atoms with Crippen molar-refractivity contribution in [3.63, 3.8) is 0 Å². The molecular formula is C18H26F2N2O. The van der Waals surface area contributed by atoms with Gasteiger partial charge in [0.05, 0.1) is 12.7 Å². The van der Waals surface area contributed by atoms with Crippen LogP contribution >= 0.6 is 0 Å². The molecule has 1 aromatic rings. The quantitative estimate of drug-likeness (QED) is 0.895. The van der Waals surface area contributed by atoms with E-state index in [1.165, 1.54) is 12.1 Å². The number of benzene rings is 1. The van der Waals surface area contributed by atoms with Gasteiger partial charge in [-0.25, -0.2) is 8.78 Å². The number of ether oxygens (including phenoxy) is 1. The maximum atomic E-state index is 13.3. The summed E-state index contributed by atoms with van der Waals surface area (Å²) < 4.78 is 32.7. The number of halogens is 2. The van der Waals surface area contributed by atoms with E-state index < -0.39 is 11.6 Å². The largest absolute Gasteiger partial charge is 0.377 e. The van der Waals surface area contributed by atoms with E-state index in [4.69, 9.17) is 10.5 Å². The first-order chi connectivity index (χ1) is 11.1. The topological polar surface area (TPSA) is 47.3 Å². The summed E-state index contributed by atoms with van der Waals surface area (Å²) >= 11 is 0. The minimum Gasteiger partial charge on any atom is -0.377 e. The molecule has 5 heteroatoms. The van der Waals surface area contributed by atoms with Crippen molar-refractivity contribution in [1.29, 1.82) is 0 Å². The Balaban J connectivity index is 1.46. The molecule has 2 atom stereocenters. The molecule has 1 saturated carbocycles. The van der Waals surface area contributed by atoms with Crippen LogP contribution in [-0.4, -0.2) is 31.3 Å². The normalized spacial score (nSPS) is 32.0. The molecule has 1 aromatic carbocycles. The van der Waals surface area contributed by atoms with Crippen LogP contribution in [0.2, 0.25) is 0 Å². The van der Waals surface area contributed by atoms with Crippen molar-refractivity contribution in [2.45, 2.75) is 62.6 Å². The van der Waals surface area contributed by atoms with Crippen molar-refractivity contribution in [2.75, 3.05) is 13.2 Å². The van der Waals surface area contributed by atoms with E-state index in [0.29, 0.717) is 6.61 Å². The van der Waals surface area contributed by atoms with Gasteiger partial charge in [0.2, 0.25) is 0 Å². The molecule has 0 bridgehead atoms. The third-order valence-corrected chi connectivity index (χ3v) is 5.18. The lowest BCUT2D eigenvalue weighted by Gasteiger charge is -2.33. The highest BCUT2D eigenvalue weighted by Crippen LogP contribution is 2.34. The average molecular weight is 324 g/mol. The zero-order chi connectivity index (χ0) is 16.2. The van der Waals surface area contributed by atoms with Gasteiger partial charge in [-0.15, -0.1) is 0 Å². The van der Waals surface area contributed by atoms with Crippen LogP contribution in [0.25, 0.3) is 0 Å². The monoisotopic (exact) mass is 324 g/mol. The molecule has 0 radical (unpaired) electrons. The molecule has 0 spiro atoms. The number of nitrogens with one attached hydrogen (secondary N) is 1. The second kappa shape index (κ2) is 7.69. The lowest BCUT2D eigenvalue weighted by Crippen LogP contribution is -2.52. The molecule has 2 aliphatic rings.